The van der Waals surface area contributed by atoms with E-state index >= 15 is 0 Å². The van der Waals surface area contributed by atoms with Crippen LogP contribution >= 0.6 is 15.9 Å². The van der Waals surface area contributed by atoms with Gasteiger partial charge < -0.3 is 0 Å². The second-order valence-corrected chi connectivity index (χ2v) is 5.96. The molecule has 3 rings (SSSR count). The number of fused-ring (bicyclic) bond motifs is 1. The number of allylic oxidation sites excluding steroid dienone is 2. The lowest BCUT2D eigenvalue weighted by Gasteiger charge is -2.14. The van der Waals surface area contributed by atoms with Crippen LogP contribution in [0.3, 0.4) is 0 Å². The molecule has 2 atom stereocenters. The maximum absolute atomic E-state index is 12.3. The minimum absolute atomic E-state index is 0.0145. The van der Waals surface area contributed by atoms with Crippen LogP contribution in [-0.4, -0.2) is 16.7 Å². The van der Waals surface area contributed by atoms with Gasteiger partial charge in [0, 0.05) is 4.47 Å². The molecule has 0 radical (unpaired) electrons. The number of likely N-dealkylation sites (tertiary alicyclic amines) is 1. The maximum atomic E-state index is 12.3. The lowest BCUT2D eigenvalue weighted by Crippen LogP contribution is -2.30. The molecular weight excluding hydrogens is 306 g/mol. The van der Waals surface area contributed by atoms with E-state index < -0.39 is 0 Å². The number of benzene rings is 1. The van der Waals surface area contributed by atoms with E-state index in [1.54, 1.807) is 0 Å². The molecule has 1 aliphatic heterocycles. The Balaban J connectivity index is 1.82. The van der Waals surface area contributed by atoms with Gasteiger partial charge in [0.1, 0.15) is 0 Å². The monoisotopic (exact) mass is 319 g/mol. The van der Waals surface area contributed by atoms with Crippen molar-refractivity contribution >= 4 is 27.7 Å². The van der Waals surface area contributed by atoms with Gasteiger partial charge in [-0.3, -0.25) is 14.5 Å². The largest absolute Gasteiger partial charge is 0.278 e. The van der Waals surface area contributed by atoms with Crippen molar-refractivity contribution in [3.05, 3.63) is 46.5 Å². The van der Waals surface area contributed by atoms with Crippen LogP contribution in [0.5, 0.6) is 0 Å². The highest BCUT2D eigenvalue weighted by Crippen LogP contribution is 2.35. The van der Waals surface area contributed by atoms with Crippen LogP contribution in [0.2, 0.25) is 0 Å². The molecule has 98 valence electrons. The second kappa shape index (κ2) is 4.93. The van der Waals surface area contributed by atoms with Gasteiger partial charge in [0.15, 0.2) is 0 Å². The highest BCUT2D eigenvalue weighted by Gasteiger charge is 2.46. The van der Waals surface area contributed by atoms with E-state index in [2.05, 4.69) is 15.9 Å². The van der Waals surface area contributed by atoms with E-state index in [0.29, 0.717) is 19.4 Å². The predicted molar refractivity (Wildman–Crippen MR) is 75.1 cm³/mol. The van der Waals surface area contributed by atoms with Crippen molar-refractivity contribution in [3.63, 3.8) is 0 Å². The summed E-state index contributed by atoms with van der Waals surface area (Å²) < 4.78 is 0.961. The van der Waals surface area contributed by atoms with Crippen molar-refractivity contribution in [1.29, 1.82) is 0 Å². The van der Waals surface area contributed by atoms with E-state index in [-0.39, 0.29) is 23.7 Å². The summed E-state index contributed by atoms with van der Waals surface area (Å²) in [5.41, 5.74) is 0.975. The van der Waals surface area contributed by atoms with Crippen molar-refractivity contribution in [3.8, 4) is 0 Å². The zero-order valence-corrected chi connectivity index (χ0v) is 12.0. The van der Waals surface area contributed by atoms with Crippen molar-refractivity contribution in [2.75, 3.05) is 0 Å². The van der Waals surface area contributed by atoms with Gasteiger partial charge >= 0.3 is 0 Å². The van der Waals surface area contributed by atoms with E-state index in [0.717, 1.165) is 10.0 Å². The fourth-order valence-corrected chi connectivity index (χ4v) is 3.29. The highest BCUT2D eigenvalue weighted by molar-refractivity contribution is 9.10. The average molecular weight is 320 g/mol. The number of carbonyl (C=O) groups excluding carboxylic acids is 2. The minimum atomic E-state index is -0.135. The first kappa shape index (κ1) is 12.6. The summed E-state index contributed by atoms with van der Waals surface area (Å²) >= 11 is 3.40. The third-order valence-electron chi connectivity index (χ3n) is 3.83. The topological polar surface area (TPSA) is 37.4 Å². The molecule has 0 unspecified atom stereocenters. The van der Waals surface area contributed by atoms with E-state index in [9.17, 15) is 9.59 Å². The van der Waals surface area contributed by atoms with Gasteiger partial charge in [-0.05, 0) is 30.5 Å². The summed E-state index contributed by atoms with van der Waals surface area (Å²) in [5, 5.41) is 0. The number of carbonyl (C=O) groups is 2. The Bertz CT molecular complexity index is 541. The maximum Gasteiger partial charge on any atom is 0.233 e. The molecule has 2 amide bonds. The first-order valence-electron chi connectivity index (χ1n) is 6.41. The summed E-state index contributed by atoms with van der Waals surface area (Å²) in [6.45, 7) is 0.379. The van der Waals surface area contributed by atoms with Crippen LogP contribution in [0.15, 0.2) is 40.9 Å². The fraction of sp³-hybridized carbons (Fsp3) is 0.333. The van der Waals surface area contributed by atoms with Crippen LogP contribution in [0, 0.1) is 11.8 Å². The van der Waals surface area contributed by atoms with Gasteiger partial charge in [-0.2, -0.15) is 0 Å². The molecule has 2 aliphatic rings. The molecule has 0 aromatic heterocycles. The summed E-state index contributed by atoms with van der Waals surface area (Å²) in [4.78, 5) is 26.0. The Morgan fingerprint density at radius 1 is 1.11 bits per heavy atom. The molecule has 1 heterocycles. The quantitative estimate of drug-likeness (QED) is 0.621. The van der Waals surface area contributed by atoms with Crippen LogP contribution in [-0.2, 0) is 16.1 Å². The van der Waals surface area contributed by atoms with Gasteiger partial charge in [0.25, 0.3) is 0 Å². The third kappa shape index (κ3) is 2.25. The lowest BCUT2D eigenvalue weighted by molar-refractivity contribution is -0.140. The van der Waals surface area contributed by atoms with Crippen molar-refractivity contribution in [2.45, 2.75) is 19.4 Å². The molecule has 1 fully saturated rings. The van der Waals surface area contributed by atoms with Gasteiger partial charge in [-0.1, -0.05) is 40.2 Å². The number of amides is 2. The normalized spacial score (nSPS) is 25.8. The molecule has 0 bridgehead atoms. The zero-order chi connectivity index (χ0) is 13.4. The van der Waals surface area contributed by atoms with E-state index in [4.69, 9.17) is 0 Å². The lowest BCUT2D eigenvalue weighted by atomic mass is 9.85. The molecule has 1 aliphatic carbocycles. The summed E-state index contributed by atoms with van der Waals surface area (Å²) in [6.07, 6.45) is 5.42. The number of halogens is 1. The van der Waals surface area contributed by atoms with Crippen LogP contribution < -0.4 is 0 Å². The molecule has 1 aromatic rings. The van der Waals surface area contributed by atoms with Crippen molar-refractivity contribution in [1.82, 2.24) is 4.90 Å². The third-order valence-corrected chi connectivity index (χ3v) is 4.32. The van der Waals surface area contributed by atoms with Crippen LogP contribution in [0.4, 0.5) is 0 Å². The van der Waals surface area contributed by atoms with Gasteiger partial charge in [-0.25, -0.2) is 0 Å². The highest BCUT2D eigenvalue weighted by atomic mass is 79.9. The van der Waals surface area contributed by atoms with Crippen molar-refractivity contribution < 1.29 is 9.59 Å². The zero-order valence-electron chi connectivity index (χ0n) is 10.4. The molecule has 4 heteroatoms. The Morgan fingerprint density at radius 3 is 2.32 bits per heavy atom. The molecule has 1 aromatic carbocycles. The Hall–Kier alpha value is -1.42. The standard InChI is InChI=1S/C15H14BrNO2/c16-11-5-3-4-10(8-11)9-17-14(18)12-6-1-2-7-13(12)15(17)19/h1-5,8,12-13H,6-7,9H2/t12-,13+. The Labute approximate surface area is 120 Å². The van der Waals surface area contributed by atoms with Crippen LogP contribution in [0.1, 0.15) is 18.4 Å². The molecular formula is C15H14BrNO2. The van der Waals surface area contributed by atoms with Crippen molar-refractivity contribution in [2.24, 2.45) is 11.8 Å². The average Bonchev–Trinajstić information content (AvgIpc) is 2.65. The molecule has 0 spiro atoms. The van der Waals surface area contributed by atoms with Gasteiger partial charge in [-0.15, -0.1) is 0 Å². The van der Waals surface area contributed by atoms with E-state index in [1.807, 2.05) is 36.4 Å². The molecule has 1 saturated heterocycles. The van der Waals surface area contributed by atoms with E-state index in [1.165, 1.54) is 4.90 Å². The summed E-state index contributed by atoms with van der Waals surface area (Å²) in [5.74, 6) is -0.298. The molecule has 0 saturated carbocycles. The Kier molecular flexibility index (Phi) is 3.27. The first-order chi connectivity index (χ1) is 9.16. The summed E-state index contributed by atoms with van der Waals surface area (Å²) in [7, 11) is 0. The Morgan fingerprint density at radius 2 is 1.74 bits per heavy atom. The number of rotatable bonds is 2. The van der Waals surface area contributed by atoms with Crippen LogP contribution in [0.25, 0.3) is 0 Å². The minimum Gasteiger partial charge on any atom is -0.278 e. The van der Waals surface area contributed by atoms with Gasteiger partial charge in [0.2, 0.25) is 11.8 Å². The predicted octanol–water partition coefficient (Wildman–Crippen LogP) is 2.90. The first-order valence-corrected chi connectivity index (χ1v) is 7.21. The SMILES string of the molecule is O=C1[C@H]2CC=CC[C@H]2C(=O)N1Cc1cccc(Br)c1. The number of hydrogen-bond acceptors (Lipinski definition) is 2. The number of imide groups is 1. The number of hydrogen-bond donors (Lipinski definition) is 0. The smallest absolute Gasteiger partial charge is 0.233 e. The second-order valence-electron chi connectivity index (χ2n) is 5.05. The molecule has 0 N–H and O–H groups in total. The number of nitrogens with zero attached hydrogens (tertiary/aromatic N) is 1. The summed E-state index contributed by atoms with van der Waals surface area (Å²) in [6, 6.07) is 7.73. The van der Waals surface area contributed by atoms with Gasteiger partial charge in [0.05, 0.1) is 18.4 Å². The molecule has 3 nitrogen and oxygen atoms in total. The molecule has 19 heavy (non-hydrogen) atoms. The fourth-order valence-electron chi connectivity index (χ4n) is 2.84.